The summed E-state index contributed by atoms with van der Waals surface area (Å²) in [5.74, 6) is -0.197. The number of amides is 1. The zero-order valence-electron chi connectivity index (χ0n) is 10.7. The standard InChI is InChI=1S/C13H12Cl2N2OS2/c1-19-12-4-9(10(14)5-11(12)15)13(18)16-3-2-8-6-20-7-17-8/h4-7H,2-3H2,1H3,(H,16,18). The van der Waals surface area contributed by atoms with Crippen molar-refractivity contribution in [1.29, 1.82) is 0 Å². The van der Waals surface area contributed by atoms with Gasteiger partial charge in [-0.1, -0.05) is 23.2 Å². The largest absolute Gasteiger partial charge is 0.352 e. The van der Waals surface area contributed by atoms with E-state index in [1.54, 1.807) is 29.0 Å². The summed E-state index contributed by atoms with van der Waals surface area (Å²) in [7, 11) is 0. The van der Waals surface area contributed by atoms with E-state index in [1.807, 2.05) is 11.6 Å². The zero-order chi connectivity index (χ0) is 14.5. The first-order valence-corrected chi connectivity index (χ1v) is 8.72. The maximum Gasteiger partial charge on any atom is 0.252 e. The highest BCUT2D eigenvalue weighted by molar-refractivity contribution is 7.98. The van der Waals surface area contributed by atoms with Crippen LogP contribution >= 0.6 is 46.3 Å². The fourth-order valence-corrected chi connectivity index (χ4v) is 3.40. The van der Waals surface area contributed by atoms with E-state index in [0.717, 1.165) is 10.6 Å². The Balaban J connectivity index is 2.01. The molecule has 1 heterocycles. The van der Waals surface area contributed by atoms with Crippen molar-refractivity contribution in [1.82, 2.24) is 10.3 Å². The second-order valence-corrected chi connectivity index (χ2v) is 6.33. The lowest BCUT2D eigenvalue weighted by Gasteiger charge is -2.09. The van der Waals surface area contributed by atoms with Crippen LogP contribution in [0.25, 0.3) is 0 Å². The van der Waals surface area contributed by atoms with Gasteiger partial charge >= 0.3 is 0 Å². The molecule has 0 atom stereocenters. The molecule has 1 N–H and O–H groups in total. The average Bonchev–Trinajstić information content (AvgIpc) is 2.92. The van der Waals surface area contributed by atoms with Crippen LogP contribution in [0, 0.1) is 0 Å². The van der Waals surface area contributed by atoms with Gasteiger partial charge in [-0.15, -0.1) is 23.1 Å². The number of carbonyl (C=O) groups excluding carboxylic acids is 1. The summed E-state index contributed by atoms with van der Waals surface area (Å²) < 4.78 is 0. The third-order valence-corrected chi connectivity index (χ3v) is 4.79. The van der Waals surface area contributed by atoms with Gasteiger partial charge in [0.2, 0.25) is 0 Å². The first-order chi connectivity index (χ1) is 9.61. The molecule has 7 heteroatoms. The van der Waals surface area contributed by atoms with E-state index >= 15 is 0 Å². The second-order valence-electron chi connectivity index (χ2n) is 3.95. The summed E-state index contributed by atoms with van der Waals surface area (Å²) in [5, 5.41) is 5.72. The summed E-state index contributed by atoms with van der Waals surface area (Å²) in [6.07, 6.45) is 2.61. The number of rotatable bonds is 5. The van der Waals surface area contributed by atoms with Crippen molar-refractivity contribution in [3.8, 4) is 0 Å². The predicted molar refractivity (Wildman–Crippen MR) is 86.4 cm³/mol. The molecule has 0 fully saturated rings. The van der Waals surface area contributed by atoms with Gasteiger partial charge in [-0.3, -0.25) is 4.79 Å². The van der Waals surface area contributed by atoms with Crippen LogP contribution < -0.4 is 5.32 Å². The Morgan fingerprint density at radius 3 is 2.85 bits per heavy atom. The fraction of sp³-hybridized carbons (Fsp3) is 0.231. The molecule has 20 heavy (non-hydrogen) atoms. The molecule has 0 unspecified atom stereocenters. The van der Waals surface area contributed by atoms with Crippen molar-refractivity contribution in [2.24, 2.45) is 0 Å². The fourth-order valence-electron chi connectivity index (χ4n) is 1.62. The molecule has 2 aromatic rings. The van der Waals surface area contributed by atoms with Crippen molar-refractivity contribution in [2.45, 2.75) is 11.3 Å². The van der Waals surface area contributed by atoms with Gasteiger partial charge in [0.25, 0.3) is 5.91 Å². The van der Waals surface area contributed by atoms with E-state index in [-0.39, 0.29) is 5.91 Å². The number of nitrogens with zero attached hydrogens (tertiary/aromatic N) is 1. The van der Waals surface area contributed by atoms with Crippen LogP contribution in [0.15, 0.2) is 27.9 Å². The van der Waals surface area contributed by atoms with Crippen LogP contribution in [0.1, 0.15) is 16.1 Å². The van der Waals surface area contributed by atoms with Gasteiger partial charge in [-0.05, 0) is 18.4 Å². The number of thiazole rings is 1. The number of benzene rings is 1. The molecule has 3 nitrogen and oxygen atoms in total. The molecule has 1 aromatic carbocycles. The SMILES string of the molecule is CSc1cc(C(=O)NCCc2cscn2)c(Cl)cc1Cl. The molecule has 0 aliphatic carbocycles. The highest BCUT2D eigenvalue weighted by Gasteiger charge is 2.13. The number of halogens is 2. The van der Waals surface area contributed by atoms with Gasteiger partial charge in [-0.25, -0.2) is 4.98 Å². The summed E-state index contributed by atoms with van der Waals surface area (Å²) in [6, 6.07) is 3.32. The number of thioether (sulfide) groups is 1. The molecule has 0 aliphatic heterocycles. The third-order valence-electron chi connectivity index (χ3n) is 2.64. The zero-order valence-corrected chi connectivity index (χ0v) is 13.8. The lowest BCUT2D eigenvalue weighted by Crippen LogP contribution is -2.26. The molecular weight excluding hydrogens is 335 g/mol. The predicted octanol–water partition coefficient (Wildman–Crippen LogP) is 4.14. The first-order valence-electron chi connectivity index (χ1n) is 5.80. The Bertz CT molecular complexity index is 603. The Morgan fingerprint density at radius 1 is 1.40 bits per heavy atom. The van der Waals surface area contributed by atoms with Crippen LogP contribution in [0.2, 0.25) is 10.0 Å². The molecule has 0 radical (unpaired) electrons. The van der Waals surface area contributed by atoms with Crippen LogP contribution in [0.3, 0.4) is 0 Å². The Morgan fingerprint density at radius 2 is 2.20 bits per heavy atom. The van der Waals surface area contributed by atoms with E-state index in [0.29, 0.717) is 28.6 Å². The summed E-state index contributed by atoms with van der Waals surface area (Å²) >= 11 is 15.1. The van der Waals surface area contributed by atoms with E-state index in [9.17, 15) is 4.79 Å². The second kappa shape index (κ2) is 7.31. The van der Waals surface area contributed by atoms with E-state index in [2.05, 4.69) is 10.3 Å². The van der Waals surface area contributed by atoms with Gasteiger partial charge in [0.05, 0.1) is 26.8 Å². The molecule has 1 aromatic heterocycles. The van der Waals surface area contributed by atoms with Crippen LogP contribution in [-0.2, 0) is 6.42 Å². The van der Waals surface area contributed by atoms with Gasteiger partial charge in [0.15, 0.2) is 0 Å². The number of carbonyl (C=O) groups is 1. The minimum atomic E-state index is -0.197. The maximum absolute atomic E-state index is 12.1. The maximum atomic E-state index is 12.1. The Hall–Kier alpha value is -0.750. The molecule has 0 aliphatic rings. The van der Waals surface area contributed by atoms with Crippen molar-refractivity contribution in [3.05, 3.63) is 44.3 Å². The number of aromatic nitrogens is 1. The Kier molecular flexibility index (Phi) is 5.72. The van der Waals surface area contributed by atoms with Crippen LogP contribution in [0.4, 0.5) is 0 Å². The monoisotopic (exact) mass is 346 g/mol. The summed E-state index contributed by atoms with van der Waals surface area (Å²) in [6.45, 7) is 0.524. The smallest absolute Gasteiger partial charge is 0.252 e. The molecule has 0 saturated carbocycles. The lowest BCUT2D eigenvalue weighted by atomic mass is 10.2. The first kappa shape index (κ1) is 15.6. The molecule has 1 amide bonds. The average molecular weight is 347 g/mol. The Labute approximate surface area is 135 Å². The lowest BCUT2D eigenvalue weighted by molar-refractivity contribution is 0.0954. The number of nitrogens with one attached hydrogen (secondary N) is 1. The van der Waals surface area contributed by atoms with Crippen LogP contribution in [-0.4, -0.2) is 23.7 Å². The highest BCUT2D eigenvalue weighted by Crippen LogP contribution is 2.31. The number of hydrogen-bond acceptors (Lipinski definition) is 4. The van der Waals surface area contributed by atoms with Gasteiger partial charge in [0.1, 0.15) is 0 Å². The summed E-state index contributed by atoms with van der Waals surface area (Å²) in [4.78, 5) is 17.1. The molecule has 2 rings (SSSR count). The topological polar surface area (TPSA) is 42.0 Å². The van der Waals surface area contributed by atoms with Crippen LogP contribution in [0.5, 0.6) is 0 Å². The van der Waals surface area contributed by atoms with Crippen molar-refractivity contribution < 1.29 is 4.79 Å². The van der Waals surface area contributed by atoms with Gasteiger partial charge < -0.3 is 5.32 Å². The molecule has 106 valence electrons. The van der Waals surface area contributed by atoms with Gasteiger partial charge in [0, 0.05) is 23.2 Å². The van der Waals surface area contributed by atoms with Crippen molar-refractivity contribution in [3.63, 3.8) is 0 Å². The quantitative estimate of drug-likeness (QED) is 0.827. The summed E-state index contributed by atoms with van der Waals surface area (Å²) in [5.41, 5.74) is 3.19. The van der Waals surface area contributed by atoms with Crippen molar-refractivity contribution in [2.75, 3.05) is 12.8 Å². The normalized spacial score (nSPS) is 10.6. The molecular formula is C13H12Cl2N2OS2. The molecule has 0 spiro atoms. The minimum absolute atomic E-state index is 0.197. The third kappa shape index (κ3) is 3.88. The van der Waals surface area contributed by atoms with E-state index in [1.165, 1.54) is 11.8 Å². The van der Waals surface area contributed by atoms with E-state index in [4.69, 9.17) is 23.2 Å². The van der Waals surface area contributed by atoms with Crippen molar-refractivity contribution >= 4 is 52.2 Å². The van der Waals surface area contributed by atoms with E-state index < -0.39 is 0 Å². The van der Waals surface area contributed by atoms with Gasteiger partial charge in [-0.2, -0.15) is 0 Å². The highest BCUT2D eigenvalue weighted by atomic mass is 35.5. The molecule has 0 saturated heterocycles. The minimum Gasteiger partial charge on any atom is -0.352 e. The number of hydrogen-bond donors (Lipinski definition) is 1. The molecule has 0 bridgehead atoms.